The van der Waals surface area contributed by atoms with Gasteiger partial charge in [0.15, 0.2) is 5.75 Å². The lowest BCUT2D eigenvalue weighted by Gasteiger charge is -2.18. The summed E-state index contributed by atoms with van der Waals surface area (Å²) in [5, 5.41) is 10.1. The number of phenolic OH excluding ortho intramolecular Hbond substituents is 1. The largest absolute Gasteiger partial charge is 0.505 e. The third kappa shape index (κ3) is 4.69. The molecule has 4 aromatic carbocycles. The summed E-state index contributed by atoms with van der Waals surface area (Å²) < 4.78 is 57.5. The standard InChI is InChI=1S/C27H17ClF2N2O4S/c28-21-10-19(27(34)32-14-17-8-4-5-9-18(17)15-32)11-25(26(21)33)37(35,36)31-24-12-20(22(29)13-23(24)30)16-6-2-1-3-7-16/h2,4-13,31,33H,14-15H2. The van der Waals surface area contributed by atoms with Crippen LogP contribution in [-0.4, -0.2) is 24.3 Å². The number of rotatable bonds is 5. The molecular formula is C27H17ClF2N2O4S. The molecule has 0 aliphatic carbocycles. The normalized spacial score (nSPS) is 12.7. The summed E-state index contributed by atoms with van der Waals surface area (Å²) in [5.74, 6) is -3.40. The van der Waals surface area contributed by atoms with Crippen molar-refractivity contribution in [2.75, 3.05) is 4.72 Å². The number of nitrogens with one attached hydrogen (secondary N) is 1. The Bertz CT molecular complexity index is 1620. The molecule has 1 aliphatic rings. The maximum atomic E-state index is 14.6. The Balaban J connectivity index is 1.49. The van der Waals surface area contributed by atoms with Crippen LogP contribution in [0.2, 0.25) is 5.02 Å². The van der Waals surface area contributed by atoms with Crippen molar-refractivity contribution in [1.82, 2.24) is 4.90 Å². The van der Waals surface area contributed by atoms with Gasteiger partial charge >= 0.3 is 0 Å². The Morgan fingerprint density at radius 3 is 2.35 bits per heavy atom. The van der Waals surface area contributed by atoms with Crippen LogP contribution in [0, 0.1) is 23.8 Å². The number of sulfonamides is 1. The number of nitrogens with zero attached hydrogens (tertiary/aromatic N) is 1. The lowest BCUT2D eigenvalue weighted by molar-refractivity contribution is 0.0751. The van der Waals surface area contributed by atoms with Gasteiger partial charge in [-0.2, -0.15) is 0 Å². The van der Waals surface area contributed by atoms with Crippen LogP contribution in [0.25, 0.3) is 11.1 Å². The molecule has 186 valence electrons. The number of halogens is 3. The van der Waals surface area contributed by atoms with Gasteiger partial charge in [-0.3, -0.25) is 9.52 Å². The quantitative estimate of drug-likeness (QED) is 0.349. The van der Waals surface area contributed by atoms with Gasteiger partial charge in [0, 0.05) is 30.3 Å². The average Bonchev–Trinajstić information content (AvgIpc) is 3.31. The second kappa shape index (κ2) is 9.39. The van der Waals surface area contributed by atoms with Crippen molar-refractivity contribution in [2.45, 2.75) is 18.0 Å². The minimum Gasteiger partial charge on any atom is -0.505 e. The first-order chi connectivity index (χ1) is 17.6. The summed E-state index contributed by atoms with van der Waals surface area (Å²) in [5.41, 5.74) is 1.53. The number of carbonyl (C=O) groups is 1. The van der Waals surface area contributed by atoms with E-state index in [1.54, 1.807) is 0 Å². The van der Waals surface area contributed by atoms with Gasteiger partial charge in [-0.15, -0.1) is 0 Å². The zero-order valence-corrected chi connectivity index (χ0v) is 20.5. The SMILES string of the molecule is O=C(c1cc(Cl)c(O)c(S(=O)(=O)Nc2cc(-c3cc#ccc3)c(F)cc2F)c1)N1Cc2ccccc2C1. The Hall–Kier alpha value is -4.13. The van der Waals surface area contributed by atoms with Crippen molar-refractivity contribution in [3.63, 3.8) is 0 Å². The van der Waals surface area contributed by atoms with E-state index < -0.39 is 43.9 Å². The molecule has 0 spiro atoms. The molecule has 0 radical (unpaired) electrons. The molecule has 5 rings (SSSR count). The van der Waals surface area contributed by atoms with Crippen molar-refractivity contribution in [1.29, 1.82) is 0 Å². The first-order valence-electron chi connectivity index (χ1n) is 10.9. The number of hydrogen-bond acceptors (Lipinski definition) is 4. The molecule has 1 aliphatic heterocycles. The van der Waals surface area contributed by atoms with Crippen LogP contribution in [0.5, 0.6) is 5.75 Å². The van der Waals surface area contributed by atoms with E-state index in [2.05, 4.69) is 12.1 Å². The predicted octanol–water partition coefficient (Wildman–Crippen LogP) is 5.55. The molecule has 1 heterocycles. The molecule has 1 amide bonds. The van der Waals surface area contributed by atoms with Crippen LogP contribution in [0.4, 0.5) is 14.5 Å². The molecule has 0 bridgehead atoms. The van der Waals surface area contributed by atoms with E-state index >= 15 is 0 Å². The number of amides is 1. The number of carbonyl (C=O) groups excluding carboxylic acids is 1. The topological polar surface area (TPSA) is 86.7 Å². The molecule has 0 fully saturated rings. The van der Waals surface area contributed by atoms with E-state index in [-0.39, 0.29) is 16.1 Å². The lowest BCUT2D eigenvalue weighted by Crippen LogP contribution is -2.26. The van der Waals surface area contributed by atoms with E-state index in [1.165, 1.54) is 29.2 Å². The number of fused-ring (bicyclic) bond motifs is 1. The Kier molecular flexibility index (Phi) is 6.23. The smallest absolute Gasteiger partial charge is 0.265 e. The summed E-state index contributed by atoms with van der Waals surface area (Å²) >= 11 is 6.08. The Labute approximate surface area is 216 Å². The summed E-state index contributed by atoms with van der Waals surface area (Å²) in [6, 6.07) is 20.9. The monoisotopic (exact) mass is 538 g/mol. The van der Waals surface area contributed by atoms with Crippen molar-refractivity contribution in [3.05, 3.63) is 112 Å². The minimum atomic E-state index is -4.67. The van der Waals surface area contributed by atoms with Crippen molar-refractivity contribution in [2.24, 2.45) is 0 Å². The molecule has 0 unspecified atom stereocenters. The molecule has 10 heteroatoms. The Morgan fingerprint density at radius 2 is 1.70 bits per heavy atom. The number of hydrogen-bond donors (Lipinski definition) is 2. The summed E-state index contributed by atoms with van der Waals surface area (Å²) in [6.45, 7) is 0.651. The summed E-state index contributed by atoms with van der Waals surface area (Å²) in [4.78, 5) is 14.0. The molecule has 0 saturated carbocycles. The molecule has 37 heavy (non-hydrogen) atoms. The second-order valence-electron chi connectivity index (χ2n) is 8.37. The van der Waals surface area contributed by atoms with Gasteiger partial charge in [0.2, 0.25) is 0 Å². The highest BCUT2D eigenvalue weighted by atomic mass is 35.5. The molecular weight excluding hydrogens is 522 g/mol. The highest BCUT2D eigenvalue weighted by Gasteiger charge is 2.29. The first-order valence-corrected chi connectivity index (χ1v) is 12.8. The molecule has 0 aromatic heterocycles. The fourth-order valence-electron chi connectivity index (χ4n) is 4.12. The third-order valence-corrected chi connectivity index (χ3v) is 7.63. The van der Waals surface area contributed by atoms with E-state index in [4.69, 9.17) is 11.6 Å². The van der Waals surface area contributed by atoms with Crippen molar-refractivity contribution < 1.29 is 27.1 Å². The molecule has 0 atom stereocenters. The number of benzene rings is 3. The summed E-state index contributed by atoms with van der Waals surface area (Å²) in [6.07, 6.45) is 0. The van der Waals surface area contributed by atoms with Gasteiger partial charge in [-0.25, -0.2) is 17.2 Å². The predicted molar refractivity (Wildman–Crippen MR) is 133 cm³/mol. The van der Waals surface area contributed by atoms with Gasteiger partial charge in [0.05, 0.1) is 10.7 Å². The Morgan fingerprint density at radius 1 is 1.00 bits per heavy atom. The van der Waals surface area contributed by atoms with Crippen LogP contribution in [0.3, 0.4) is 0 Å². The number of anilines is 1. The fraction of sp³-hybridized carbons (Fsp3) is 0.0741. The van der Waals surface area contributed by atoms with E-state index in [0.29, 0.717) is 24.7 Å². The summed E-state index contributed by atoms with van der Waals surface area (Å²) in [7, 11) is -4.67. The highest BCUT2D eigenvalue weighted by molar-refractivity contribution is 7.92. The number of aromatic hydroxyl groups is 1. The molecule has 6 nitrogen and oxygen atoms in total. The molecule has 2 N–H and O–H groups in total. The van der Waals surface area contributed by atoms with Crippen LogP contribution < -0.4 is 4.72 Å². The average molecular weight is 539 g/mol. The van der Waals surface area contributed by atoms with Gasteiger partial charge in [-0.1, -0.05) is 48.0 Å². The van der Waals surface area contributed by atoms with Crippen LogP contribution in [0.1, 0.15) is 21.5 Å². The van der Waals surface area contributed by atoms with Gasteiger partial charge in [0.25, 0.3) is 15.9 Å². The van der Waals surface area contributed by atoms with Crippen molar-refractivity contribution >= 4 is 33.2 Å². The maximum Gasteiger partial charge on any atom is 0.265 e. The molecule has 0 saturated heterocycles. The van der Waals surface area contributed by atoms with Crippen LogP contribution >= 0.6 is 11.6 Å². The van der Waals surface area contributed by atoms with E-state index in [9.17, 15) is 27.1 Å². The number of phenols is 1. The third-order valence-electron chi connectivity index (χ3n) is 5.96. The molecule has 4 aromatic rings. The van der Waals surface area contributed by atoms with Crippen LogP contribution in [-0.2, 0) is 23.1 Å². The zero-order valence-electron chi connectivity index (χ0n) is 18.9. The fourth-order valence-corrected chi connectivity index (χ4v) is 5.60. The van der Waals surface area contributed by atoms with Crippen LogP contribution in [0.15, 0.2) is 71.6 Å². The second-order valence-corrected chi connectivity index (χ2v) is 10.4. The van der Waals surface area contributed by atoms with E-state index in [0.717, 1.165) is 23.3 Å². The van der Waals surface area contributed by atoms with E-state index in [1.807, 2.05) is 29.0 Å². The highest BCUT2D eigenvalue weighted by Crippen LogP contribution is 2.36. The zero-order chi connectivity index (χ0) is 26.3. The van der Waals surface area contributed by atoms with Gasteiger partial charge < -0.3 is 10.0 Å². The van der Waals surface area contributed by atoms with Gasteiger partial charge in [0.1, 0.15) is 16.5 Å². The van der Waals surface area contributed by atoms with Crippen molar-refractivity contribution in [3.8, 4) is 16.9 Å². The maximum absolute atomic E-state index is 14.6. The lowest BCUT2D eigenvalue weighted by atomic mass is 10.1. The van der Waals surface area contributed by atoms with Gasteiger partial charge in [-0.05, 0) is 53.1 Å². The minimum absolute atomic E-state index is 0.0766. The first kappa shape index (κ1) is 24.6.